The van der Waals surface area contributed by atoms with Crippen LogP contribution < -0.4 is 9.64 Å². The van der Waals surface area contributed by atoms with Crippen molar-refractivity contribution in [2.24, 2.45) is 0 Å². The van der Waals surface area contributed by atoms with Crippen molar-refractivity contribution in [2.75, 3.05) is 51.9 Å². The number of aromatic nitrogens is 3. The van der Waals surface area contributed by atoms with Crippen LogP contribution in [-0.2, 0) is 34.0 Å². The number of hydrogen-bond acceptors (Lipinski definition) is 10. The number of ether oxygens (including phenoxy) is 4. The third-order valence-corrected chi connectivity index (χ3v) is 8.65. The van der Waals surface area contributed by atoms with E-state index in [2.05, 4.69) is 21.3 Å². The van der Waals surface area contributed by atoms with Crippen LogP contribution in [0.5, 0.6) is 5.88 Å². The van der Waals surface area contributed by atoms with Crippen molar-refractivity contribution in [3.63, 3.8) is 0 Å². The number of benzene rings is 2. The third-order valence-electron chi connectivity index (χ3n) is 8.65. The fourth-order valence-corrected chi connectivity index (χ4v) is 5.95. The summed E-state index contributed by atoms with van der Waals surface area (Å²) in [4.78, 5) is 26.7. The molecule has 0 amide bonds. The maximum absolute atomic E-state index is 14.5. The van der Waals surface area contributed by atoms with Gasteiger partial charge < -0.3 is 28.4 Å². The molecule has 0 saturated carbocycles. The highest BCUT2D eigenvalue weighted by molar-refractivity contribution is 5.93. The zero-order chi connectivity index (χ0) is 32.2. The van der Waals surface area contributed by atoms with Crippen LogP contribution in [0.2, 0.25) is 0 Å². The first-order chi connectivity index (χ1) is 22.4. The number of piperazine rings is 1. The topological polar surface area (TPSA) is 115 Å². The van der Waals surface area contributed by atoms with E-state index in [9.17, 15) is 9.18 Å². The number of pyridine rings is 1. The first kappa shape index (κ1) is 31.4. The Bertz CT molecular complexity index is 1760. The number of rotatable bonds is 11. The molecule has 4 heterocycles. The average molecular weight is 629 g/mol. The minimum Gasteiger partial charge on any atom is -0.473 e. The molecule has 2 atom stereocenters. The van der Waals surface area contributed by atoms with Crippen LogP contribution in [0.15, 0.2) is 48.5 Å². The van der Waals surface area contributed by atoms with Gasteiger partial charge >= 0.3 is 5.97 Å². The number of nitriles is 1. The zero-order valence-electron chi connectivity index (χ0n) is 26.2. The van der Waals surface area contributed by atoms with Gasteiger partial charge in [0.25, 0.3) is 0 Å². The van der Waals surface area contributed by atoms with E-state index in [0.717, 1.165) is 67.4 Å². The summed E-state index contributed by atoms with van der Waals surface area (Å²) in [6.07, 6.45) is 1.11. The molecule has 2 aliphatic heterocycles. The molecule has 11 nitrogen and oxygen atoms in total. The van der Waals surface area contributed by atoms with Crippen LogP contribution in [0.3, 0.4) is 0 Å². The second-order valence-corrected chi connectivity index (χ2v) is 11.6. The second kappa shape index (κ2) is 13.8. The van der Waals surface area contributed by atoms with E-state index >= 15 is 0 Å². The van der Waals surface area contributed by atoms with E-state index in [-0.39, 0.29) is 30.3 Å². The maximum Gasteiger partial charge on any atom is 0.337 e. The summed E-state index contributed by atoms with van der Waals surface area (Å²) in [5, 5.41) is 9.02. The minimum atomic E-state index is -0.491. The smallest absolute Gasteiger partial charge is 0.337 e. The molecule has 2 aromatic carbocycles. The fraction of sp³-hybridized carbons (Fsp3) is 0.412. The van der Waals surface area contributed by atoms with E-state index in [4.69, 9.17) is 34.2 Å². The highest BCUT2D eigenvalue weighted by atomic mass is 19.1. The van der Waals surface area contributed by atoms with Crippen LogP contribution in [0.1, 0.15) is 52.3 Å². The van der Waals surface area contributed by atoms with E-state index in [1.54, 1.807) is 31.4 Å². The number of nitrogens with zero attached hydrogens (tertiary/aromatic N) is 6. The van der Waals surface area contributed by atoms with Crippen molar-refractivity contribution in [1.82, 2.24) is 19.4 Å². The quantitative estimate of drug-likeness (QED) is 0.218. The number of imidazole rings is 1. The minimum absolute atomic E-state index is 0.0142. The molecule has 0 unspecified atom stereocenters. The lowest BCUT2D eigenvalue weighted by atomic mass is 10.1. The van der Waals surface area contributed by atoms with Crippen molar-refractivity contribution in [2.45, 2.75) is 45.2 Å². The lowest BCUT2D eigenvalue weighted by molar-refractivity contribution is -0.0594. The fourth-order valence-electron chi connectivity index (χ4n) is 5.95. The molecular weight excluding hydrogens is 591 g/mol. The Morgan fingerprint density at radius 1 is 1.09 bits per heavy atom. The van der Waals surface area contributed by atoms with Gasteiger partial charge in [-0.1, -0.05) is 6.07 Å². The van der Waals surface area contributed by atoms with Crippen molar-refractivity contribution >= 4 is 22.8 Å². The number of fused-ring (bicyclic) bond motifs is 1. The van der Waals surface area contributed by atoms with Gasteiger partial charge in [0.05, 0.1) is 60.6 Å². The molecule has 12 heteroatoms. The Labute approximate surface area is 267 Å². The predicted octanol–water partition coefficient (Wildman–Crippen LogP) is 4.63. The number of hydrogen-bond donors (Lipinski definition) is 0. The Kier molecular flexibility index (Phi) is 9.44. The van der Waals surface area contributed by atoms with Crippen LogP contribution in [-0.4, -0.2) is 78.5 Å². The van der Waals surface area contributed by atoms with Crippen molar-refractivity contribution in [3.8, 4) is 11.9 Å². The van der Waals surface area contributed by atoms with Gasteiger partial charge in [-0.15, -0.1) is 0 Å². The molecule has 0 bridgehead atoms. The molecule has 0 aliphatic carbocycles. The van der Waals surface area contributed by atoms with E-state index in [1.807, 2.05) is 24.3 Å². The lowest BCUT2D eigenvalue weighted by Gasteiger charge is -2.39. The Morgan fingerprint density at radius 3 is 2.57 bits per heavy atom. The van der Waals surface area contributed by atoms with Gasteiger partial charge in [0, 0.05) is 51.5 Å². The van der Waals surface area contributed by atoms with E-state index in [1.165, 1.54) is 13.2 Å². The lowest BCUT2D eigenvalue weighted by Crippen LogP contribution is -2.48. The number of carbonyl (C=O) groups excluding carboxylic acids is 1. The Balaban J connectivity index is 1.18. The zero-order valence-corrected chi connectivity index (χ0v) is 26.2. The van der Waals surface area contributed by atoms with Gasteiger partial charge in [-0.25, -0.2) is 14.2 Å². The van der Waals surface area contributed by atoms with E-state index in [0.29, 0.717) is 30.2 Å². The summed E-state index contributed by atoms with van der Waals surface area (Å²) in [5.41, 5.74) is 3.73. The standard InChI is InChI=1S/C34H37FN6O5/c1-22(33-37-29-7-6-25(34(42)44-3)17-30(29)41(33)19-27-8-13-45-27)39-9-11-40(12-10-39)31-15-24(20-43-2)16-32(38-31)46-21-26-5-4-23(18-36)14-28(26)35/h4-7,14-17,22,27H,8-13,19-21H2,1-3H3/t22-,27-/m0/s1. The van der Waals surface area contributed by atoms with Gasteiger partial charge in [-0.05, 0) is 55.3 Å². The number of carbonyl (C=O) groups is 1. The highest BCUT2D eigenvalue weighted by Gasteiger charge is 2.29. The first-order valence-corrected chi connectivity index (χ1v) is 15.4. The molecule has 6 rings (SSSR count). The molecule has 2 fully saturated rings. The van der Waals surface area contributed by atoms with Crippen LogP contribution in [0.4, 0.5) is 10.2 Å². The third kappa shape index (κ3) is 6.67. The molecule has 2 aromatic heterocycles. The molecule has 4 aromatic rings. The van der Waals surface area contributed by atoms with Crippen LogP contribution in [0.25, 0.3) is 11.0 Å². The van der Waals surface area contributed by atoms with Gasteiger partial charge in [-0.3, -0.25) is 4.90 Å². The molecule has 46 heavy (non-hydrogen) atoms. The Hall–Kier alpha value is -4.57. The van der Waals surface area contributed by atoms with Crippen molar-refractivity contribution in [1.29, 1.82) is 5.26 Å². The summed E-state index contributed by atoms with van der Waals surface area (Å²) >= 11 is 0. The van der Waals surface area contributed by atoms with E-state index < -0.39 is 5.82 Å². The summed E-state index contributed by atoms with van der Waals surface area (Å²) in [6, 6.07) is 15.6. The molecule has 240 valence electrons. The van der Waals surface area contributed by atoms with Crippen LogP contribution in [0, 0.1) is 17.1 Å². The number of halogens is 1. The van der Waals surface area contributed by atoms with Gasteiger partial charge in [0.1, 0.15) is 24.1 Å². The SMILES string of the molecule is COCc1cc(OCc2ccc(C#N)cc2F)nc(N2CCN([C@@H](C)c3nc4ccc(C(=O)OC)cc4n3C[C@@H]3CCO3)CC2)c1. The van der Waals surface area contributed by atoms with Gasteiger partial charge in [0.15, 0.2) is 0 Å². The first-order valence-electron chi connectivity index (χ1n) is 15.4. The predicted molar refractivity (Wildman–Crippen MR) is 168 cm³/mol. The molecule has 0 radical (unpaired) electrons. The monoisotopic (exact) mass is 628 g/mol. The summed E-state index contributed by atoms with van der Waals surface area (Å²) < 4.78 is 38.7. The molecular formula is C34H37FN6O5. The molecule has 0 spiro atoms. The van der Waals surface area contributed by atoms with Gasteiger partial charge in [0.2, 0.25) is 5.88 Å². The molecule has 2 saturated heterocycles. The highest BCUT2D eigenvalue weighted by Crippen LogP contribution is 2.30. The number of methoxy groups -OCH3 is 2. The second-order valence-electron chi connectivity index (χ2n) is 11.6. The maximum atomic E-state index is 14.5. The Morgan fingerprint density at radius 2 is 1.89 bits per heavy atom. The average Bonchev–Trinajstić information content (AvgIpc) is 3.42. The van der Waals surface area contributed by atoms with Crippen molar-refractivity contribution < 1.29 is 28.1 Å². The molecule has 0 N–H and O–H groups in total. The van der Waals surface area contributed by atoms with Crippen molar-refractivity contribution in [3.05, 3.63) is 82.4 Å². The summed E-state index contributed by atoms with van der Waals surface area (Å²) in [7, 11) is 3.02. The summed E-state index contributed by atoms with van der Waals surface area (Å²) in [5.74, 6) is 1.21. The van der Waals surface area contributed by atoms with Crippen LogP contribution >= 0.6 is 0 Å². The normalized spacial score (nSPS) is 17.4. The van der Waals surface area contributed by atoms with Gasteiger partial charge in [-0.2, -0.15) is 10.2 Å². The largest absolute Gasteiger partial charge is 0.473 e. The summed E-state index contributed by atoms with van der Waals surface area (Å²) in [6.45, 7) is 6.99. The number of esters is 1. The molecule has 2 aliphatic rings. The number of anilines is 1.